The van der Waals surface area contributed by atoms with Gasteiger partial charge < -0.3 is 5.32 Å². The molecule has 1 fully saturated rings. The van der Waals surface area contributed by atoms with E-state index in [2.05, 4.69) is 10.4 Å². The molecular weight excluding hydrogens is 205 g/mol. The molecule has 0 aliphatic carbocycles. The molecule has 1 N–H and O–H groups in total. The number of benzene rings is 1. The Morgan fingerprint density at radius 3 is 2.56 bits per heavy atom. The van der Waals surface area contributed by atoms with E-state index in [9.17, 15) is 4.39 Å². The maximum Gasteiger partial charge on any atom is 0.123 e. The minimum absolute atomic E-state index is 0.209. The fourth-order valence-corrected chi connectivity index (χ4v) is 1.79. The van der Waals surface area contributed by atoms with E-state index in [4.69, 9.17) is 0 Å². The Bertz CT molecular complexity index is 485. The monoisotopic (exact) mass is 217 g/mol. The lowest BCUT2D eigenvalue weighted by Crippen LogP contribution is -2.43. The lowest BCUT2D eigenvalue weighted by molar-refractivity contribution is 0.318. The summed E-state index contributed by atoms with van der Waals surface area (Å²) in [7, 11) is 0. The van der Waals surface area contributed by atoms with Crippen molar-refractivity contribution in [2.75, 3.05) is 13.1 Å². The zero-order valence-corrected chi connectivity index (χ0v) is 8.73. The van der Waals surface area contributed by atoms with E-state index in [1.54, 1.807) is 12.1 Å². The highest BCUT2D eigenvalue weighted by atomic mass is 19.1. The van der Waals surface area contributed by atoms with E-state index in [1.165, 1.54) is 12.1 Å². The molecule has 1 saturated heterocycles. The second-order valence-electron chi connectivity index (χ2n) is 4.03. The van der Waals surface area contributed by atoms with E-state index < -0.39 is 0 Å². The predicted molar refractivity (Wildman–Crippen MR) is 59.5 cm³/mol. The Hall–Kier alpha value is -1.68. The summed E-state index contributed by atoms with van der Waals surface area (Å²) in [6, 6.07) is 6.95. The Labute approximate surface area is 92.9 Å². The normalized spacial score (nSPS) is 16.1. The van der Waals surface area contributed by atoms with Gasteiger partial charge in [0.15, 0.2) is 0 Å². The third kappa shape index (κ3) is 1.61. The van der Waals surface area contributed by atoms with Gasteiger partial charge in [0.05, 0.1) is 12.2 Å². The van der Waals surface area contributed by atoms with Gasteiger partial charge in [-0.3, -0.25) is 4.68 Å². The Morgan fingerprint density at radius 2 is 1.94 bits per heavy atom. The predicted octanol–water partition coefficient (Wildman–Crippen LogP) is 1.83. The molecule has 1 aliphatic heterocycles. The molecular formula is C12H12FN3. The van der Waals surface area contributed by atoms with Crippen molar-refractivity contribution >= 4 is 0 Å². The van der Waals surface area contributed by atoms with Gasteiger partial charge in [-0.25, -0.2) is 4.39 Å². The highest BCUT2D eigenvalue weighted by Crippen LogP contribution is 2.21. The first kappa shape index (κ1) is 9.54. The summed E-state index contributed by atoms with van der Waals surface area (Å²) in [5.41, 5.74) is 2.03. The summed E-state index contributed by atoms with van der Waals surface area (Å²) in [6.07, 6.45) is 3.84. The molecule has 0 amide bonds. The summed E-state index contributed by atoms with van der Waals surface area (Å²) in [5, 5.41) is 7.53. The molecule has 1 aromatic heterocycles. The number of aromatic nitrogens is 2. The molecule has 0 unspecified atom stereocenters. The van der Waals surface area contributed by atoms with Crippen molar-refractivity contribution in [3.05, 3.63) is 42.5 Å². The van der Waals surface area contributed by atoms with Gasteiger partial charge in [-0.05, 0) is 17.7 Å². The average Bonchev–Trinajstić information content (AvgIpc) is 2.65. The Balaban J connectivity index is 1.88. The molecule has 2 heterocycles. The molecule has 0 atom stereocenters. The molecule has 0 radical (unpaired) electrons. The Morgan fingerprint density at radius 1 is 1.19 bits per heavy atom. The van der Waals surface area contributed by atoms with Crippen LogP contribution in [0.3, 0.4) is 0 Å². The van der Waals surface area contributed by atoms with Crippen molar-refractivity contribution in [2.24, 2.45) is 0 Å². The van der Waals surface area contributed by atoms with Crippen molar-refractivity contribution in [2.45, 2.75) is 6.04 Å². The van der Waals surface area contributed by atoms with Gasteiger partial charge in [0.2, 0.25) is 0 Å². The standard InChI is InChI=1S/C12H12FN3/c13-11-3-1-9(2-4-11)10-5-15-16(8-10)12-6-14-7-12/h1-5,8,12,14H,6-7H2. The molecule has 16 heavy (non-hydrogen) atoms. The SMILES string of the molecule is Fc1ccc(-c2cnn(C3CNC3)c2)cc1. The van der Waals surface area contributed by atoms with Crippen LogP contribution in [0.15, 0.2) is 36.7 Å². The van der Waals surface area contributed by atoms with Crippen molar-refractivity contribution in [1.82, 2.24) is 15.1 Å². The van der Waals surface area contributed by atoms with Gasteiger partial charge in [-0.15, -0.1) is 0 Å². The molecule has 0 bridgehead atoms. The molecule has 0 spiro atoms. The van der Waals surface area contributed by atoms with E-state index in [1.807, 2.05) is 17.1 Å². The van der Waals surface area contributed by atoms with Crippen LogP contribution in [0, 0.1) is 5.82 Å². The van der Waals surface area contributed by atoms with Gasteiger partial charge in [0, 0.05) is 24.8 Å². The van der Waals surface area contributed by atoms with Crippen LogP contribution >= 0.6 is 0 Å². The zero-order chi connectivity index (χ0) is 11.0. The highest BCUT2D eigenvalue weighted by molar-refractivity contribution is 5.61. The summed E-state index contributed by atoms with van der Waals surface area (Å²) in [4.78, 5) is 0. The van der Waals surface area contributed by atoms with Crippen LogP contribution in [0.1, 0.15) is 6.04 Å². The molecule has 3 rings (SSSR count). The fourth-order valence-electron chi connectivity index (χ4n) is 1.79. The quantitative estimate of drug-likeness (QED) is 0.831. The van der Waals surface area contributed by atoms with Gasteiger partial charge in [0.25, 0.3) is 0 Å². The van der Waals surface area contributed by atoms with Crippen molar-refractivity contribution < 1.29 is 4.39 Å². The third-order valence-electron chi connectivity index (χ3n) is 2.91. The van der Waals surface area contributed by atoms with E-state index >= 15 is 0 Å². The van der Waals surface area contributed by atoms with Crippen LogP contribution in [0.4, 0.5) is 4.39 Å². The maximum atomic E-state index is 12.8. The summed E-state index contributed by atoms with van der Waals surface area (Å²) in [6.45, 7) is 1.95. The van der Waals surface area contributed by atoms with Crippen molar-refractivity contribution in [3.8, 4) is 11.1 Å². The van der Waals surface area contributed by atoms with Gasteiger partial charge in [-0.2, -0.15) is 5.10 Å². The maximum absolute atomic E-state index is 12.8. The van der Waals surface area contributed by atoms with Crippen molar-refractivity contribution in [3.63, 3.8) is 0 Å². The van der Waals surface area contributed by atoms with Gasteiger partial charge >= 0.3 is 0 Å². The largest absolute Gasteiger partial charge is 0.312 e. The first-order valence-corrected chi connectivity index (χ1v) is 5.34. The first-order chi connectivity index (χ1) is 7.83. The molecule has 4 heteroatoms. The minimum atomic E-state index is -0.209. The number of rotatable bonds is 2. The number of nitrogens with zero attached hydrogens (tertiary/aromatic N) is 2. The number of hydrogen-bond donors (Lipinski definition) is 1. The summed E-state index contributed by atoms with van der Waals surface area (Å²) < 4.78 is 14.7. The molecule has 1 aliphatic rings. The Kier molecular flexibility index (Phi) is 2.22. The average molecular weight is 217 g/mol. The van der Waals surface area contributed by atoms with Crippen LogP contribution in [0.5, 0.6) is 0 Å². The number of halogens is 1. The highest BCUT2D eigenvalue weighted by Gasteiger charge is 2.19. The van der Waals surface area contributed by atoms with Crippen LogP contribution in [-0.2, 0) is 0 Å². The third-order valence-corrected chi connectivity index (χ3v) is 2.91. The van der Waals surface area contributed by atoms with Crippen LogP contribution in [0.2, 0.25) is 0 Å². The molecule has 2 aromatic rings. The zero-order valence-electron chi connectivity index (χ0n) is 8.73. The van der Waals surface area contributed by atoms with E-state index in [0.29, 0.717) is 6.04 Å². The van der Waals surface area contributed by atoms with E-state index in [0.717, 1.165) is 24.2 Å². The lowest BCUT2D eigenvalue weighted by Gasteiger charge is -2.27. The summed E-state index contributed by atoms with van der Waals surface area (Å²) >= 11 is 0. The second kappa shape index (κ2) is 3.72. The van der Waals surface area contributed by atoms with Crippen LogP contribution in [-0.4, -0.2) is 22.9 Å². The van der Waals surface area contributed by atoms with Gasteiger partial charge in [-0.1, -0.05) is 12.1 Å². The van der Waals surface area contributed by atoms with Crippen LogP contribution < -0.4 is 5.32 Å². The fraction of sp³-hybridized carbons (Fsp3) is 0.250. The minimum Gasteiger partial charge on any atom is -0.312 e. The topological polar surface area (TPSA) is 29.9 Å². The van der Waals surface area contributed by atoms with Crippen LogP contribution in [0.25, 0.3) is 11.1 Å². The van der Waals surface area contributed by atoms with E-state index in [-0.39, 0.29) is 5.82 Å². The molecule has 82 valence electrons. The number of hydrogen-bond acceptors (Lipinski definition) is 2. The van der Waals surface area contributed by atoms with Crippen molar-refractivity contribution in [1.29, 1.82) is 0 Å². The number of nitrogens with one attached hydrogen (secondary N) is 1. The first-order valence-electron chi connectivity index (χ1n) is 5.34. The lowest BCUT2D eigenvalue weighted by atomic mass is 10.1. The van der Waals surface area contributed by atoms with Gasteiger partial charge in [0.1, 0.15) is 5.82 Å². The molecule has 0 saturated carbocycles. The smallest absolute Gasteiger partial charge is 0.123 e. The molecule has 1 aromatic carbocycles. The summed E-state index contributed by atoms with van der Waals surface area (Å²) in [5.74, 6) is -0.209. The molecule has 3 nitrogen and oxygen atoms in total. The second-order valence-corrected chi connectivity index (χ2v) is 4.03.